The van der Waals surface area contributed by atoms with Gasteiger partial charge in [-0.15, -0.1) is 0 Å². The SMILES string of the molecule is CC(C)C(=O)O[C@H]1C2=C(C3=C(C(=O)c4c(O)cccc4C3=O)C2[NH+]=[N-])[C@@H](O)[C@H]2O[C@]21C. The molecule has 1 heterocycles. The van der Waals surface area contributed by atoms with Gasteiger partial charge in [0.1, 0.15) is 23.6 Å². The number of nitrogens with one attached hydrogen (secondary N) is 1. The minimum atomic E-state index is -1.26. The van der Waals surface area contributed by atoms with Crippen molar-refractivity contribution in [3.8, 4) is 5.75 Å². The number of carbonyl (C=O) groups excluding carboxylic acids is 3. The summed E-state index contributed by atoms with van der Waals surface area (Å²) >= 11 is 0. The highest BCUT2D eigenvalue weighted by Gasteiger charge is 2.71. The van der Waals surface area contributed by atoms with E-state index in [1.165, 1.54) is 18.2 Å². The largest absolute Gasteiger partial charge is 0.508 e. The van der Waals surface area contributed by atoms with E-state index in [9.17, 15) is 30.1 Å². The minimum Gasteiger partial charge on any atom is -0.508 e. The molecule has 0 radical (unpaired) electrons. The minimum absolute atomic E-state index is 0.00201. The summed E-state index contributed by atoms with van der Waals surface area (Å²) in [5.74, 6) is -2.55. The van der Waals surface area contributed by atoms with Gasteiger partial charge in [0.15, 0.2) is 17.9 Å². The van der Waals surface area contributed by atoms with Gasteiger partial charge in [-0.25, -0.2) is 0 Å². The van der Waals surface area contributed by atoms with Crippen molar-refractivity contribution in [1.29, 1.82) is 0 Å². The Bertz CT molecular complexity index is 1160. The van der Waals surface area contributed by atoms with Crippen molar-refractivity contribution in [2.24, 2.45) is 5.92 Å². The van der Waals surface area contributed by atoms with Crippen molar-refractivity contribution in [2.75, 3.05) is 0 Å². The van der Waals surface area contributed by atoms with Crippen LogP contribution in [0.4, 0.5) is 0 Å². The summed E-state index contributed by atoms with van der Waals surface area (Å²) in [5.41, 5.74) is 8.94. The molecule has 1 aromatic carbocycles. The first-order valence-electron chi connectivity index (χ1n) is 9.99. The molecule has 4 aliphatic rings. The molecular formula is C22H20N2O7. The molecule has 1 saturated heterocycles. The maximum Gasteiger partial charge on any atom is 0.309 e. The maximum absolute atomic E-state index is 13.4. The van der Waals surface area contributed by atoms with Gasteiger partial charge in [0.05, 0.1) is 22.6 Å². The van der Waals surface area contributed by atoms with Crippen molar-refractivity contribution in [3.05, 3.63) is 57.1 Å². The van der Waals surface area contributed by atoms with Crippen LogP contribution in [0.3, 0.4) is 0 Å². The molecule has 3 aliphatic carbocycles. The number of aliphatic hydroxyl groups is 1. The first-order valence-corrected chi connectivity index (χ1v) is 9.99. The summed E-state index contributed by atoms with van der Waals surface area (Å²) in [6, 6.07) is 2.95. The van der Waals surface area contributed by atoms with Gasteiger partial charge in [0.2, 0.25) is 5.78 Å². The third-order valence-electron chi connectivity index (χ3n) is 6.54. The fourth-order valence-corrected chi connectivity index (χ4v) is 4.94. The number of epoxide rings is 1. The molecule has 5 rings (SSSR count). The molecule has 9 heteroatoms. The number of rotatable bonds is 3. The summed E-state index contributed by atoms with van der Waals surface area (Å²) in [7, 11) is 0. The van der Waals surface area contributed by atoms with E-state index in [1.807, 2.05) is 5.11 Å². The highest BCUT2D eigenvalue weighted by molar-refractivity contribution is 6.31. The Labute approximate surface area is 176 Å². The third kappa shape index (κ3) is 2.35. The first kappa shape index (κ1) is 19.8. The Morgan fingerprint density at radius 1 is 1.26 bits per heavy atom. The lowest BCUT2D eigenvalue weighted by Crippen LogP contribution is -2.74. The molecule has 5 atom stereocenters. The van der Waals surface area contributed by atoms with Gasteiger partial charge < -0.3 is 30.3 Å². The van der Waals surface area contributed by atoms with E-state index in [0.717, 1.165) is 0 Å². The van der Waals surface area contributed by atoms with Crippen LogP contribution in [-0.2, 0) is 14.3 Å². The molecule has 1 unspecified atom stereocenters. The van der Waals surface area contributed by atoms with E-state index in [2.05, 4.69) is 0 Å². The molecule has 0 spiro atoms. The molecule has 3 N–H and O–H groups in total. The van der Waals surface area contributed by atoms with E-state index >= 15 is 0 Å². The summed E-state index contributed by atoms with van der Waals surface area (Å²) in [6.07, 6.45) is -3.03. The number of ketones is 2. The zero-order valence-electron chi connectivity index (χ0n) is 17.0. The molecule has 0 saturated carbocycles. The normalized spacial score (nSPS) is 33.1. The van der Waals surface area contributed by atoms with Gasteiger partial charge in [-0.1, -0.05) is 26.0 Å². The number of phenolic OH excluding ortho intramolecular Hbond substituents is 1. The Morgan fingerprint density at radius 2 is 1.97 bits per heavy atom. The van der Waals surface area contributed by atoms with Crippen LogP contribution in [0.1, 0.15) is 41.5 Å². The number of hydrogen-bond donors (Lipinski definition) is 3. The van der Waals surface area contributed by atoms with Crippen molar-refractivity contribution < 1.29 is 39.2 Å². The Hall–Kier alpha value is -3.17. The topological polar surface area (TPSA) is 150 Å². The number of carbonyl (C=O) groups is 3. The summed E-state index contributed by atoms with van der Waals surface area (Å²) in [5, 5.41) is 23.3. The summed E-state index contributed by atoms with van der Waals surface area (Å²) in [6.45, 7) is 4.99. The molecule has 1 fully saturated rings. The van der Waals surface area contributed by atoms with Gasteiger partial charge in [0.25, 0.3) is 0 Å². The number of aromatic hydroxyl groups is 1. The van der Waals surface area contributed by atoms with E-state index in [-0.39, 0.29) is 39.2 Å². The highest BCUT2D eigenvalue weighted by Crippen LogP contribution is 2.57. The van der Waals surface area contributed by atoms with Crippen LogP contribution in [0.15, 0.2) is 40.5 Å². The number of fused-ring (bicyclic) bond motifs is 3. The second kappa shape index (κ2) is 6.18. The lowest BCUT2D eigenvalue weighted by atomic mass is 9.77. The van der Waals surface area contributed by atoms with Gasteiger partial charge in [0, 0.05) is 16.7 Å². The molecule has 31 heavy (non-hydrogen) atoms. The monoisotopic (exact) mass is 424 g/mol. The quantitative estimate of drug-likeness (QED) is 0.350. The molecule has 0 amide bonds. The zero-order chi connectivity index (χ0) is 22.4. The molecule has 1 aromatic rings. The Morgan fingerprint density at radius 3 is 2.61 bits per heavy atom. The fourth-order valence-electron chi connectivity index (χ4n) is 4.94. The number of nitrogens with zero attached hydrogens (tertiary/aromatic N) is 1. The van der Waals surface area contributed by atoms with Crippen molar-refractivity contribution in [1.82, 2.24) is 0 Å². The Balaban J connectivity index is 1.71. The molecule has 9 nitrogen and oxygen atoms in total. The van der Waals surface area contributed by atoms with Crippen LogP contribution in [0.25, 0.3) is 5.53 Å². The predicted octanol–water partition coefficient (Wildman–Crippen LogP) is -0.0514. The van der Waals surface area contributed by atoms with E-state index in [1.54, 1.807) is 20.8 Å². The molecule has 160 valence electrons. The predicted molar refractivity (Wildman–Crippen MR) is 103 cm³/mol. The van der Waals surface area contributed by atoms with Crippen molar-refractivity contribution in [2.45, 2.75) is 50.7 Å². The summed E-state index contributed by atoms with van der Waals surface area (Å²) in [4.78, 5) is 39.1. The molecular weight excluding hydrogens is 404 g/mol. The standard InChI is InChI=1S/C22H20N2O7/c1-7(2)21(29)30-19-14-12(18(28)20-22(19,3)31-20)11-13(15(14)24-23)17(27)10-8(16(11)26)5-4-6-9(10)25/h4-7,15,18-20,24-25,28H,1-3H3/t15?,18-,19+,20-,22+/m1/s1. The van der Waals surface area contributed by atoms with Crippen LogP contribution in [0.2, 0.25) is 0 Å². The van der Waals surface area contributed by atoms with Gasteiger partial charge in [-0.05, 0) is 13.0 Å². The molecule has 1 aliphatic heterocycles. The van der Waals surface area contributed by atoms with Gasteiger partial charge >= 0.3 is 5.97 Å². The van der Waals surface area contributed by atoms with E-state index < -0.39 is 53.4 Å². The molecule has 0 bridgehead atoms. The lowest BCUT2D eigenvalue weighted by molar-refractivity contribution is -0.503. The van der Waals surface area contributed by atoms with Crippen molar-refractivity contribution in [3.63, 3.8) is 0 Å². The summed E-state index contributed by atoms with van der Waals surface area (Å²) < 4.78 is 11.4. The number of benzene rings is 1. The smallest absolute Gasteiger partial charge is 0.309 e. The number of hydrogen-bond acceptors (Lipinski definition) is 7. The number of Topliss-reactive ketones (excluding diaryl/α,β-unsaturated/α-hetero) is 2. The highest BCUT2D eigenvalue weighted by atomic mass is 16.7. The third-order valence-corrected chi connectivity index (χ3v) is 6.54. The average Bonchev–Trinajstić information content (AvgIpc) is 3.30. The van der Waals surface area contributed by atoms with Crippen LogP contribution in [-0.4, -0.2) is 57.7 Å². The van der Waals surface area contributed by atoms with E-state index in [4.69, 9.17) is 9.47 Å². The first-order chi connectivity index (χ1) is 14.6. The van der Waals surface area contributed by atoms with E-state index in [0.29, 0.717) is 0 Å². The van der Waals surface area contributed by atoms with Gasteiger partial charge in [-0.2, -0.15) is 0 Å². The van der Waals surface area contributed by atoms with Crippen LogP contribution < -0.4 is 5.11 Å². The number of aliphatic hydroxyl groups excluding tert-OH is 1. The number of esters is 1. The second-order valence-corrected chi connectivity index (χ2v) is 8.72. The van der Waals surface area contributed by atoms with Crippen LogP contribution >= 0.6 is 0 Å². The van der Waals surface area contributed by atoms with Gasteiger partial charge in [-0.3, -0.25) is 14.4 Å². The Kier molecular flexibility index (Phi) is 3.94. The zero-order valence-corrected chi connectivity index (χ0v) is 17.0. The molecule has 0 aromatic heterocycles. The van der Waals surface area contributed by atoms with Crippen LogP contribution in [0, 0.1) is 5.92 Å². The fraction of sp³-hybridized carbons (Fsp3) is 0.409. The average molecular weight is 424 g/mol. The van der Waals surface area contributed by atoms with Crippen molar-refractivity contribution >= 4 is 17.5 Å². The number of ether oxygens (including phenoxy) is 2. The maximum atomic E-state index is 13.4. The lowest BCUT2D eigenvalue weighted by Gasteiger charge is -2.31. The number of phenols is 1. The second-order valence-electron chi connectivity index (χ2n) is 8.72. The van der Waals surface area contributed by atoms with Crippen LogP contribution in [0.5, 0.6) is 5.75 Å².